The third-order valence-electron chi connectivity index (χ3n) is 8.56. The summed E-state index contributed by atoms with van der Waals surface area (Å²) in [7, 11) is 0. The number of rotatable bonds is 19. The Hall–Kier alpha value is -6.33. The van der Waals surface area contributed by atoms with Gasteiger partial charge in [0.15, 0.2) is 6.10 Å². The number of hydrogen-bond donors (Lipinski definition) is 10. The molecule has 3 aromatic rings. The number of nitrogen functional groups attached to an aromatic ring is 1. The van der Waals surface area contributed by atoms with Gasteiger partial charge in [-0.2, -0.15) is 0 Å². The van der Waals surface area contributed by atoms with Crippen molar-refractivity contribution in [3.8, 4) is 0 Å². The van der Waals surface area contributed by atoms with Crippen LogP contribution in [-0.2, 0) is 25.6 Å². The lowest BCUT2D eigenvalue weighted by Crippen LogP contribution is -2.60. The van der Waals surface area contributed by atoms with Gasteiger partial charge in [-0.05, 0) is 66.6 Å². The number of carbonyl (C=O) groups is 7. The third-order valence-corrected chi connectivity index (χ3v) is 8.56. The molecule has 5 atom stereocenters. The summed E-state index contributed by atoms with van der Waals surface area (Å²) in [4.78, 5) is 89.6. The minimum atomic E-state index is -1.78. The summed E-state index contributed by atoms with van der Waals surface area (Å²) in [5.74, 6) is -6.40. The van der Waals surface area contributed by atoms with Gasteiger partial charge < -0.3 is 54.0 Å². The van der Waals surface area contributed by atoms with Crippen molar-refractivity contribution in [3.63, 3.8) is 0 Å². The van der Waals surface area contributed by atoms with Crippen LogP contribution in [0.5, 0.6) is 0 Å². The number of amides is 6. The van der Waals surface area contributed by atoms with Crippen molar-refractivity contribution in [2.24, 2.45) is 23.3 Å². The Balaban J connectivity index is 1.74. The minimum absolute atomic E-state index is 0.0301. The molecule has 17 nitrogen and oxygen atoms in total. The third kappa shape index (κ3) is 13.2. The Labute approximate surface area is 324 Å². The first-order chi connectivity index (χ1) is 26.4. The Morgan fingerprint density at radius 2 is 1.39 bits per heavy atom. The first-order valence-electron chi connectivity index (χ1n) is 17.9. The van der Waals surface area contributed by atoms with Crippen molar-refractivity contribution in [1.82, 2.24) is 21.3 Å². The zero-order valence-electron chi connectivity index (χ0n) is 31.6. The van der Waals surface area contributed by atoms with Crippen LogP contribution in [0.1, 0.15) is 70.8 Å². The van der Waals surface area contributed by atoms with E-state index in [1.165, 1.54) is 36.4 Å². The first kappa shape index (κ1) is 44.1. The number of benzene rings is 3. The number of aliphatic hydroxyl groups is 1. The maximum Gasteiger partial charge on any atom is 0.335 e. The van der Waals surface area contributed by atoms with Crippen LogP contribution in [0.15, 0.2) is 72.8 Å². The van der Waals surface area contributed by atoms with E-state index in [1.807, 2.05) is 13.8 Å². The molecule has 17 heteroatoms. The lowest BCUT2D eigenvalue weighted by atomic mass is 9.97. The van der Waals surface area contributed by atoms with E-state index in [4.69, 9.17) is 17.2 Å². The van der Waals surface area contributed by atoms with Crippen molar-refractivity contribution in [1.29, 1.82) is 0 Å². The van der Waals surface area contributed by atoms with Crippen LogP contribution in [0.4, 0.5) is 11.4 Å². The fraction of sp³-hybridized carbons (Fsp3) is 0.359. The average Bonchev–Trinajstić information content (AvgIpc) is 3.14. The molecule has 0 unspecified atom stereocenters. The van der Waals surface area contributed by atoms with E-state index in [1.54, 1.807) is 44.2 Å². The highest BCUT2D eigenvalue weighted by Gasteiger charge is 2.34. The van der Waals surface area contributed by atoms with Gasteiger partial charge in [-0.1, -0.05) is 64.1 Å². The number of nitrogens with two attached hydrogens (primary N) is 3. The molecule has 0 spiro atoms. The number of carboxylic acid groups (broad SMARTS) is 1. The predicted octanol–water partition coefficient (Wildman–Crippen LogP) is 0.522. The molecule has 0 bridgehead atoms. The van der Waals surface area contributed by atoms with E-state index >= 15 is 0 Å². The summed E-state index contributed by atoms with van der Waals surface area (Å²) in [6.07, 6.45) is -1.60. The largest absolute Gasteiger partial charge is 0.478 e. The highest BCUT2D eigenvalue weighted by molar-refractivity contribution is 6.00. The van der Waals surface area contributed by atoms with Crippen molar-refractivity contribution < 1.29 is 43.8 Å². The van der Waals surface area contributed by atoms with Gasteiger partial charge >= 0.3 is 5.97 Å². The molecular formula is C39H50N8O9. The van der Waals surface area contributed by atoms with Gasteiger partial charge in [0.25, 0.3) is 11.8 Å². The molecule has 300 valence electrons. The number of hydrogen-bond acceptors (Lipinski definition) is 10. The van der Waals surface area contributed by atoms with Gasteiger partial charge in [-0.15, -0.1) is 0 Å². The van der Waals surface area contributed by atoms with Crippen molar-refractivity contribution in [3.05, 3.63) is 95.1 Å². The molecule has 13 N–H and O–H groups in total. The van der Waals surface area contributed by atoms with E-state index in [-0.39, 0.29) is 53.4 Å². The summed E-state index contributed by atoms with van der Waals surface area (Å²) < 4.78 is 0. The molecule has 0 aliphatic heterocycles. The molecule has 0 saturated heterocycles. The topological polar surface area (TPSA) is 298 Å². The Bertz CT molecular complexity index is 1900. The molecule has 0 radical (unpaired) electrons. The Kier molecular flexibility index (Phi) is 16.0. The standard InChI is InChI=1S/C39H50N8O9/c1-20(2)13-30(36(52)45-29(14-22-9-6-5-7-10-22)32(48)38(54)44-27-12-8-11-23(18-27)33(42)49)46-37(53)31(21(3)4)47-35(51)28(41)19-43-34(50)24-15-25(39(55)56)17-26(40)16-24/h5-12,15-18,20-21,28-32,48H,13-14,19,40-41H2,1-4H3,(H2,42,49)(H,43,50)(H,44,54)(H,45,52)(H,46,53)(H,47,51)(H,55,56)/t28-,29-,30-,31-,32+/m0/s1. The summed E-state index contributed by atoms with van der Waals surface area (Å²) in [5, 5.41) is 33.5. The summed E-state index contributed by atoms with van der Waals surface area (Å²) >= 11 is 0. The minimum Gasteiger partial charge on any atom is -0.478 e. The second-order valence-corrected chi connectivity index (χ2v) is 14.1. The zero-order chi connectivity index (χ0) is 41.7. The molecule has 0 aromatic heterocycles. The second kappa shape index (κ2) is 20.4. The summed E-state index contributed by atoms with van der Waals surface area (Å²) in [5.41, 5.74) is 17.9. The summed E-state index contributed by atoms with van der Waals surface area (Å²) in [6.45, 7) is 6.62. The average molecular weight is 775 g/mol. The van der Waals surface area contributed by atoms with Gasteiger partial charge in [0.2, 0.25) is 23.6 Å². The highest BCUT2D eigenvalue weighted by atomic mass is 16.4. The number of nitrogens with one attached hydrogen (secondary N) is 5. The number of carbonyl (C=O) groups excluding carboxylic acids is 6. The van der Waals surface area contributed by atoms with Gasteiger partial charge in [0, 0.05) is 29.0 Å². The van der Waals surface area contributed by atoms with Gasteiger partial charge in [0.05, 0.1) is 11.6 Å². The van der Waals surface area contributed by atoms with Crippen LogP contribution in [0.2, 0.25) is 0 Å². The fourth-order valence-corrected chi connectivity index (χ4v) is 5.61. The monoisotopic (exact) mass is 774 g/mol. The number of aliphatic hydroxyl groups excluding tert-OH is 1. The Morgan fingerprint density at radius 3 is 2.00 bits per heavy atom. The van der Waals surface area contributed by atoms with Gasteiger partial charge in [-0.25, -0.2) is 4.79 Å². The molecule has 3 aromatic carbocycles. The van der Waals surface area contributed by atoms with Crippen molar-refractivity contribution in [2.75, 3.05) is 17.6 Å². The van der Waals surface area contributed by atoms with E-state index in [2.05, 4.69) is 26.6 Å². The highest BCUT2D eigenvalue weighted by Crippen LogP contribution is 2.15. The second-order valence-electron chi connectivity index (χ2n) is 14.1. The van der Waals surface area contributed by atoms with Crippen LogP contribution in [-0.4, -0.2) is 88.4 Å². The molecule has 3 rings (SSSR count). The maximum absolute atomic E-state index is 13.9. The molecule has 56 heavy (non-hydrogen) atoms. The van der Waals surface area contributed by atoms with E-state index in [0.29, 0.717) is 5.56 Å². The molecule has 0 aliphatic rings. The van der Waals surface area contributed by atoms with Crippen molar-refractivity contribution in [2.45, 2.75) is 70.8 Å². The predicted molar refractivity (Wildman–Crippen MR) is 208 cm³/mol. The van der Waals surface area contributed by atoms with Crippen LogP contribution < -0.4 is 43.8 Å². The van der Waals surface area contributed by atoms with Crippen LogP contribution in [0.25, 0.3) is 0 Å². The molecule has 0 heterocycles. The lowest BCUT2D eigenvalue weighted by Gasteiger charge is -2.29. The molecule has 6 amide bonds. The van der Waals surface area contributed by atoms with E-state index in [0.717, 1.165) is 6.07 Å². The Morgan fingerprint density at radius 1 is 0.732 bits per heavy atom. The lowest BCUT2D eigenvalue weighted by molar-refractivity contribution is -0.134. The number of carboxylic acids is 1. The van der Waals surface area contributed by atoms with Crippen molar-refractivity contribution >= 4 is 52.8 Å². The van der Waals surface area contributed by atoms with Crippen LogP contribution in [0, 0.1) is 11.8 Å². The first-order valence-corrected chi connectivity index (χ1v) is 17.9. The molecule has 0 saturated carbocycles. The SMILES string of the molecule is CC(C)C[C@H](NC(=O)[C@@H](NC(=O)[C@@H](N)CNC(=O)c1cc(N)cc(C(=O)O)c1)C(C)C)C(=O)N[C@@H](Cc1ccccc1)[C@@H](O)C(=O)Nc1cccc(C(N)=O)c1. The van der Waals surface area contributed by atoms with E-state index < -0.39 is 77.6 Å². The van der Waals surface area contributed by atoms with Gasteiger partial charge in [0.1, 0.15) is 18.1 Å². The molecular weight excluding hydrogens is 724 g/mol. The molecule has 0 fully saturated rings. The number of aromatic carboxylic acids is 1. The molecule has 0 aliphatic carbocycles. The number of anilines is 2. The smallest absolute Gasteiger partial charge is 0.335 e. The number of primary amides is 1. The van der Waals surface area contributed by atoms with Crippen LogP contribution >= 0.6 is 0 Å². The zero-order valence-corrected chi connectivity index (χ0v) is 31.6. The van der Waals surface area contributed by atoms with E-state index in [9.17, 15) is 43.8 Å². The fourth-order valence-electron chi connectivity index (χ4n) is 5.61. The summed E-state index contributed by atoms with van der Waals surface area (Å²) in [6, 6.07) is 13.4. The quantitative estimate of drug-likeness (QED) is 0.0749. The normalized spacial score (nSPS) is 13.7. The van der Waals surface area contributed by atoms with Crippen LogP contribution in [0.3, 0.4) is 0 Å². The van der Waals surface area contributed by atoms with Gasteiger partial charge in [-0.3, -0.25) is 28.8 Å². The maximum atomic E-state index is 13.9.